The van der Waals surface area contributed by atoms with Crippen molar-refractivity contribution >= 4 is 5.69 Å². The van der Waals surface area contributed by atoms with Gasteiger partial charge in [0.25, 0.3) is 5.69 Å². The standard InChI is InChI=1S/C14H10N4O2/c19-18(20)13-9-5-4-8-12(13)17-14(10-15-16-17)11-6-2-1-3-7-11/h1-10H. The number of benzene rings is 2. The first-order valence-electron chi connectivity index (χ1n) is 5.97. The average Bonchev–Trinajstić information content (AvgIpc) is 2.97. The van der Waals surface area contributed by atoms with Gasteiger partial charge < -0.3 is 0 Å². The van der Waals surface area contributed by atoms with Crippen molar-refractivity contribution in [2.24, 2.45) is 0 Å². The fourth-order valence-electron chi connectivity index (χ4n) is 2.02. The summed E-state index contributed by atoms with van der Waals surface area (Å²) < 4.78 is 1.48. The van der Waals surface area contributed by atoms with E-state index in [2.05, 4.69) is 10.3 Å². The van der Waals surface area contributed by atoms with E-state index in [1.807, 2.05) is 30.3 Å². The molecular weight excluding hydrogens is 256 g/mol. The molecule has 0 atom stereocenters. The molecule has 0 saturated carbocycles. The lowest BCUT2D eigenvalue weighted by molar-refractivity contribution is -0.384. The van der Waals surface area contributed by atoms with Crippen LogP contribution in [0.5, 0.6) is 0 Å². The number of rotatable bonds is 3. The SMILES string of the molecule is O=[N+]([O-])c1ccccc1-n1nncc1-c1ccccc1. The summed E-state index contributed by atoms with van der Waals surface area (Å²) >= 11 is 0. The van der Waals surface area contributed by atoms with Crippen molar-refractivity contribution in [1.29, 1.82) is 0 Å². The normalized spacial score (nSPS) is 10.4. The van der Waals surface area contributed by atoms with Crippen LogP contribution < -0.4 is 0 Å². The van der Waals surface area contributed by atoms with Crippen LogP contribution in [-0.4, -0.2) is 19.9 Å². The maximum atomic E-state index is 11.1. The van der Waals surface area contributed by atoms with Crippen LogP contribution in [0.15, 0.2) is 60.8 Å². The predicted octanol–water partition coefficient (Wildman–Crippen LogP) is 2.84. The molecule has 3 aromatic rings. The first-order chi connectivity index (χ1) is 9.77. The quantitative estimate of drug-likeness (QED) is 0.539. The van der Waals surface area contributed by atoms with E-state index >= 15 is 0 Å². The number of nitro benzene ring substituents is 1. The van der Waals surface area contributed by atoms with Gasteiger partial charge in [-0.05, 0) is 6.07 Å². The molecule has 0 spiro atoms. The minimum absolute atomic E-state index is 0.00446. The lowest BCUT2D eigenvalue weighted by Crippen LogP contribution is -2.03. The van der Waals surface area contributed by atoms with Gasteiger partial charge in [-0.25, -0.2) is 4.68 Å². The molecule has 6 nitrogen and oxygen atoms in total. The van der Waals surface area contributed by atoms with Gasteiger partial charge in [-0.15, -0.1) is 5.10 Å². The van der Waals surface area contributed by atoms with Crippen LogP contribution in [0.2, 0.25) is 0 Å². The Balaban J connectivity index is 2.18. The molecule has 0 amide bonds. The Morgan fingerprint density at radius 1 is 1.00 bits per heavy atom. The molecule has 3 rings (SSSR count). The Kier molecular flexibility index (Phi) is 2.96. The van der Waals surface area contributed by atoms with E-state index in [1.54, 1.807) is 24.4 Å². The van der Waals surface area contributed by atoms with E-state index in [0.717, 1.165) is 5.56 Å². The van der Waals surface area contributed by atoms with Gasteiger partial charge in [0.05, 0.1) is 16.8 Å². The first-order valence-corrected chi connectivity index (χ1v) is 5.97. The monoisotopic (exact) mass is 266 g/mol. The van der Waals surface area contributed by atoms with E-state index in [1.165, 1.54) is 10.7 Å². The first kappa shape index (κ1) is 12.0. The second-order valence-corrected chi connectivity index (χ2v) is 4.14. The zero-order chi connectivity index (χ0) is 13.9. The molecule has 0 radical (unpaired) electrons. The molecule has 6 heteroatoms. The van der Waals surface area contributed by atoms with Crippen molar-refractivity contribution in [3.05, 3.63) is 70.9 Å². The second kappa shape index (κ2) is 4.93. The number of nitrogens with zero attached hydrogens (tertiary/aromatic N) is 4. The predicted molar refractivity (Wildman–Crippen MR) is 73.4 cm³/mol. The summed E-state index contributed by atoms with van der Waals surface area (Å²) in [6.07, 6.45) is 1.59. The highest BCUT2D eigenvalue weighted by atomic mass is 16.6. The van der Waals surface area contributed by atoms with E-state index in [-0.39, 0.29) is 5.69 Å². The van der Waals surface area contributed by atoms with Crippen LogP contribution in [0.1, 0.15) is 0 Å². The van der Waals surface area contributed by atoms with Crippen molar-refractivity contribution < 1.29 is 4.92 Å². The van der Waals surface area contributed by atoms with E-state index in [0.29, 0.717) is 11.4 Å². The van der Waals surface area contributed by atoms with Crippen molar-refractivity contribution in [2.45, 2.75) is 0 Å². The minimum Gasteiger partial charge on any atom is -0.258 e. The highest BCUT2D eigenvalue weighted by molar-refractivity contribution is 5.63. The van der Waals surface area contributed by atoms with E-state index in [9.17, 15) is 10.1 Å². The fraction of sp³-hybridized carbons (Fsp3) is 0. The lowest BCUT2D eigenvalue weighted by atomic mass is 10.1. The van der Waals surface area contributed by atoms with Crippen LogP contribution in [0.4, 0.5) is 5.69 Å². The maximum Gasteiger partial charge on any atom is 0.294 e. The summed E-state index contributed by atoms with van der Waals surface area (Å²) in [5.41, 5.74) is 2.00. The van der Waals surface area contributed by atoms with Crippen molar-refractivity contribution in [3.63, 3.8) is 0 Å². The second-order valence-electron chi connectivity index (χ2n) is 4.14. The molecule has 1 aromatic heterocycles. The largest absolute Gasteiger partial charge is 0.294 e. The molecule has 0 fully saturated rings. The lowest BCUT2D eigenvalue weighted by Gasteiger charge is -2.06. The molecule has 0 aliphatic rings. The molecule has 0 N–H and O–H groups in total. The molecule has 98 valence electrons. The van der Waals surface area contributed by atoms with E-state index in [4.69, 9.17) is 0 Å². The summed E-state index contributed by atoms with van der Waals surface area (Å²) in [4.78, 5) is 10.7. The molecule has 0 aliphatic carbocycles. The van der Waals surface area contributed by atoms with Gasteiger partial charge in [-0.1, -0.05) is 47.7 Å². The maximum absolute atomic E-state index is 11.1. The molecule has 1 heterocycles. The van der Waals surface area contributed by atoms with E-state index < -0.39 is 4.92 Å². The zero-order valence-corrected chi connectivity index (χ0v) is 10.4. The van der Waals surface area contributed by atoms with Gasteiger partial charge in [-0.2, -0.15) is 0 Å². The summed E-state index contributed by atoms with van der Waals surface area (Å²) in [7, 11) is 0. The number of hydrogen-bond donors (Lipinski definition) is 0. The smallest absolute Gasteiger partial charge is 0.258 e. The van der Waals surface area contributed by atoms with Crippen LogP contribution in [-0.2, 0) is 0 Å². The molecule has 0 bridgehead atoms. The molecule has 20 heavy (non-hydrogen) atoms. The van der Waals surface area contributed by atoms with Crippen LogP contribution in [0, 0.1) is 10.1 Å². The van der Waals surface area contributed by atoms with Crippen molar-refractivity contribution in [2.75, 3.05) is 0 Å². The summed E-state index contributed by atoms with van der Waals surface area (Å²) in [6, 6.07) is 16.0. The van der Waals surface area contributed by atoms with Gasteiger partial charge >= 0.3 is 0 Å². The zero-order valence-electron chi connectivity index (χ0n) is 10.4. The third-order valence-corrected chi connectivity index (χ3v) is 2.93. The van der Waals surface area contributed by atoms with Gasteiger partial charge in [-0.3, -0.25) is 10.1 Å². The summed E-state index contributed by atoms with van der Waals surface area (Å²) in [5.74, 6) is 0. The topological polar surface area (TPSA) is 73.8 Å². The molecule has 0 unspecified atom stereocenters. The Labute approximate surface area is 114 Å². The molecule has 0 aliphatic heterocycles. The summed E-state index contributed by atoms with van der Waals surface area (Å²) in [5, 5.41) is 18.9. The Morgan fingerprint density at radius 3 is 2.45 bits per heavy atom. The average molecular weight is 266 g/mol. The number of para-hydroxylation sites is 2. The van der Waals surface area contributed by atoms with Crippen LogP contribution in [0.3, 0.4) is 0 Å². The Bertz CT molecular complexity index is 753. The Morgan fingerprint density at radius 2 is 1.70 bits per heavy atom. The van der Waals surface area contributed by atoms with Gasteiger partial charge in [0.15, 0.2) is 0 Å². The fourth-order valence-corrected chi connectivity index (χ4v) is 2.02. The number of hydrogen-bond acceptors (Lipinski definition) is 4. The number of nitro groups is 1. The van der Waals surface area contributed by atoms with Gasteiger partial charge in [0, 0.05) is 11.6 Å². The van der Waals surface area contributed by atoms with Gasteiger partial charge in [0.2, 0.25) is 0 Å². The third-order valence-electron chi connectivity index (χ3n) is 2.93. The third kappa shape index (κ3) is 2.03. The highest BCUT2D eigenvalue weighted by Gasteiger charge is 2.18. The van der Waals surface area contributed by atoms with Crippen molar-refractivity contribution in [1.82, 2.24) is 15.0 Å². The minimum atomic E-state index is -0.425. The number of aromatic nitrogens is 3. The molecule has 2 aromatic carbocycles. The van der Waals surface area contributed by atoms with Gasteiger partial charge in [0.1, 0.15) is 5.69 Å². The highest BCUT2D eigenvalue weighted by Crippen LogP contribution is 2.26. The van der Waals surface area contributed by atoms with Crippen LogP contribution >= 0.6 is 0 Å². The van der Waals surface area contributed by atoms with Crippen LogP contribution in [0.25, 0.3) is 16.9 Å². The van der Waals surface area contributed by atoms with Crippen molar-refractivity contribution in [3.8, 4) is 16.9 Å². The Hall–Kier alpha value is -3.02. The summed E-state index contributed by atoms with van der Waals surface area (Å²) in [6.45, 7) is 0. The molecule has 0 saturated heterocycles. The molecular formula is C14H10N4O2.